The van der Waals surface area contributed by atoms with E-state index in [2.05, 4.69) is 15.7 Å². The lowest BCUT2D eigenvalue weighted by Crippen LogP contribution is -2.45. The first-order valence-corrected chi connectivity index (χ1v) is 9.17. The molecule has 0 radical (unpaired) electrons. The van der Waals surface area contributed by atoms with Gasteiger partial charge in [0, 0.05) is 12.1 Å². The highest BCUT2D eigenvalue weighted by atomic mass is 19.1. The van der Waals surface area contributed by atoms with Crippen LogP contribution in [0, 0.1) is 5.82 Å². The molecular formula is C21H21FN4O3. The van der Waals surface area contributed by atoms with Gasteiger partial charge in [-0.25, -0.2) is 9.07 Å². The third kappa shape index (κ3) is 3.79. The second-order valence-electron chi connectivity index (χ2n) is 6.66. The van der Waals surface area contributed by atoms with Crippen LogP contribution in [-0.2, 0) is 6.54 Å². The molecule has 8 heteroatoms. The van der Waals surface area contributed by atoms with E-state index in [1.54, 1.807) is 37.1 Å². The number of nitrogens with one attached hydrogen (secondary N) is 2. The molecule has 4 rings (SSSR count). The molecule has 1 aromatic heterocycles. The van der Waals surface area contributed by atoms with Gasteiger partial charge in [-0.1, -0.05) is 6.07 Å². The molecule has 2 N–H and O–H groups in total. The summed E-state index contributed by atoms with van der Waals surface area (Å²) in [6.07, 6.45) is -0.218. The van der Waals surface area contributed by atoms with Crippen LogP contribution < -0.4 is 20.1 Å². The summed E-state index contributed by atoms with van der Waals surface area (Å²) in [5.41, 5.74) is 2.84. The number of ether oxygens (including phenoxy) is 2. The number of hydrogen-bond donors (Lipinski definition) is 2. The van der Waals surface area contributed by atoms with Crippen LogP contribution in [0.15, 0.2) is 48.5 Å². The predicted octanol–water partition coefficient (Wildman–Crippen LogP) is 2.74. The summed E-state index contributed by atoms with van der Waals surface area (Å²) in [4.78, 5) is 12.3. The molecule has 150 valence electrons. The molecule has 1 amide bonds. The van der Waals surface area contributed by atoms with Gasteiger partial charge in [0.15, 0.2) is 11.5 Å². The molecule has 7 nitrogen and oxygen atoms in total. The number of fused-ring (bicyclic) bond motifs is 1. The van der Waals surface area contributed by atoms with E-state index in [4.69, 9.17) is 9.47 Å². The van der Waals surface area contributed by atoms with E-state index in [-0.39, 0.29) is 17.9 Å². The highest BCUT2D eigenvalue weighted by Gasteiger charge is 2.27. The fourth-order valence-electron chi connectivity index (χ4n) is 3.31. The molecule has 0 aliphatic carbocycles. The van der Waals surface area contributed by atoms with E-state index in [0.29, 0.717) is 36.0 Å². The van der Waals surface area contributed by atoms with Crippen molar-refractivity contribution in [2.75, 3.05) is 20.8 Å². The standard InChI is InChI=1S/C21H21FN4O3/c1-28-18-8-3-13(9-19(18)29-2)11-23-20-12-24-21(27)17-10-16(25-26(17)20)14-4-6-15(22)7-5-14/h3-10,20,23H,11-12H2,1-2H3,(H,24,27)/t20-/m0/s1. The van der Waals surface area contributed by atoms with Crippen molar-refractivity contribution in [2.45, 2.75) is 12.7 Å². The first kappa shape index (κ1) is 18.9. The monoisotopic (exact) mass is 396 g/mol. The van der Waals surface area contributed by atoms with Crippen LogP contribution in [0.1, 0.15) is 22.2 Å². The molecule has 0 saturated carbocycles. The first-order valence-electron chi connectivity index (χ1n) is 9.17. The summed E-state index contributed by atoms with van der Waals surface area (Å²) in [5.74, 6) is 0.821. The quantitative estimate of drug-likeness (QED) is 0.670. The summed E-state index contributed by atoms with van der Waals surface area (Å²) in [6, 6.07) is 13.5. The maximum absolute atomic E-state index is 13.2. The second kappa shape index (κ2) is 7.92. The van der Waals surface area contributed by atoms with E-state index < -0.39 is 0 Å². The van der Waals surface area contributed by atoms with E-state index >= 15 is 0 Å². The Kier molecular flexibility index (Phi) is 5.18. The van der Waals surface area contributed by atoms with E-state index in [9.17, 15) is 9.18 Å². The number of methoxy groups -OCH3 is 2. The maximum Gasteiger partial charge on any atom is 0.269 e. The molecule has 0 bridgehead atoms. The summed E-state index contributed by atoms with van der Waals surface area (Å²) >= 11 is 0. The fourth-order valence-corrected chi connectivity index (χ4v) is 3.31. The topological polar surface area (TPSA) is 77.4 Å². The smallest absolute Gasteiger partial charge is 0.269 e. The molecule has 0 spiro atoms. The molecule has 1 aliphatic rings. The Bertz CT molecular complexity index is 1030. The SMILES string of the molecule is COc1ccc(CN[C@@H]2CNC(=O)c3cc(-c4ccc(F)cc4)nn32)cc1OC. The Morgan fingerprint density at radius 1 is 1.14 bits per heavy atom. The van der Waals surface area contributed by atoms with Gasteiger partial charge in [0.1, 0.15) is 17.7 Å². The lowest BCUT2D eigenvalue weighted by atomic mass is 10.1. The molecule has 29 heavy (non-hydrogen) atoms. The zero-order chi connectivity index (χ0) is 20.4. The third-order valence-electron chi connectivity index (χ3n) is 4.85. The Hall–Kier alpha value is -3.39. The average Bonchev–Trinajstić information content (AvgIpc) is 3.20. The largest absolute Gasteiger partial charge is 0.493 e. The van der Waals surface area contributed by atoms with Crippen molar-refractivity contribution >= 4 is 5.91 Å². The number of carbonyl (C=O) groups is 1. The van der Waals surface area contributed by atoms with Crippen molar-refractivity contribution in [1.82, 2.24) is 20.4 Å². The van der Waals surface area contributed by atoms with E-state index in [1.807, 2.05) is 18.2 Å². The Morgan fingerprint density at radius 3 is 2.62 bits per heavy atom. The minimum atomic E-state index is -0.315. The van der Waals surface area contributed by atoms with Crippen LogP contribution >= 0.6 is 0 Å². The van der Waals surface area contributed by atoms with Gasteiger partial charge < -0.3 is 14.8 Å². The molecule has 0 unspecified atom stereocenters. The maximum atomic E-state index is 13.2. The molecule has 0 fully saturated rings. The highest BCUT2D eigenvalue weighted by molar-refractivity contribution is 5.94. The van der Waals surface area contributed by atoms with Gasteiger partial charge in [-0.2, -0.15) is 5.10 Å². The van der Waals surface area contributed by atoms with Crippen molar-refractivity contribution in [3.05, 3.63) is 65.6 Å². The second-order valence-corrected chi connectivity index (χ2v) is 6.66. The van der Waals surface area contributed by atoms with Gasteiger partial charge in [-0.15, -0.1) is 0 Å². The van der Waals surface area contributed by atoms with Gasteiger partial charge in [-0.05, 0) is 48.0 Å². The van der Waals surface area contributed by atoms with Crippen LogP contribution in [0.4, 0.5) is 4.39 Å². The third-order valence-corrected chi connectivity index (χ3v) is 4.85. The lowest BCUT2D eigenvalue weighted by Gasteiger charge is -2.26. The first-order chi connectivity index (χ1) is 14.1. The molecule has 1 aliphatic heterocycles. The number of aromatic nitrogens is 2. The predicted molar refractivity (Wildman–Crippen MR) is 105 cm³/mol. The van der Waals surface area contributed by atoms with Crippen molar-refractivity contribution in [3.8, 4) is 22.8 Å². The van der Waals surface area contributed by atoms with Crippen LogP contribution in [0.3, 0.4) is 0 Å². The number of halogens is 1. The summed E-state index contributed by atoms with van der Waals surface area (Å²) in [7, 11) is 3.19. The summed E-state index contributed by atoms with van der Waals surface area (Å²) in [6.45, 7) is 0.954. The van der Waals surface area contributed by atoms with Gasteiger partial charge in [0.25, 0.3) is 5.91 Å². The zero-order valence-electron chi connectivity index (χ0n) is 16.1. The fraction of sp³-hybridized carbons (Fsp3) is 0.238. The molecule has 0 saturated heterocycles. The number of amides is 1. The summed E-state index contributed by atoms with van der Waals surface area (Å²) < 4.78 is 25.5. The molecule has 1 atom stereocenters. The minimum Gasteiger partial charge on any atom is -0.493 e. The van der Waals surface area contributed by atoms with Crippen molar-refractivity contribution < 1.29 is 18.7 Å². The van der Waals surface area contributed by atoms with Crippen molar-refractivity contribution in [3.63, 3.8) is 0 Å². The average molecular weight is 396 g/mol. The summed E-state index contributed by atoms with van der Waals surface area (Å²) in [5, 5.41) is 10.9. The number of rotatable bonds is 6. The molecule has 2 aromatic carbocycles. The Labute approximate surface area is 167 Å². The Morgan fingerprint density at radius 2 is 1.90 bits per heavy atom. The van der Waals surface area contributed by atoms with Crippen LogP contribution in [0.25, 0.3) is 11.3 Å². The molecule has 2 heterocycles. The van der Waals surface area contributed by atoms with Crippen LogP contribution in [0.5, 0.6) is 11.5 Å². The van der Waals surface area contributed by atoms with Gasteiger partial charge >= 0.3 is 0 Å². The van der Waals surface area contributed by atoms with E-state index in [1.165, 1.54) is 12.1 Å². The molecule has 3 aromatic rings. The molecular weight excluding hydrogens is 375 g/mol. The number of benzene rings is 2. The number of nitrogens with zero attached hydrogens (tertiary/aromatic N) is 2. The lowest BCUT2D eigenvalue weighted by molar-refractivity contribution is 0.0900. The van der Waals surface area contributed by atoms with Crippen molar-refractivity contribution in [2.24, 2.45) is 0 Å². The van der Waals surface area contributed by atoms with Crippen molar-refractivity contribution in [1.29, 1.82) is 0 Å². The van der Waals surface area contributed by atoms with E-state index in [0.717, 1.165) is 11.1 Å². The zero-order valence-corrected chi connectivity index (χ0v) is 16.1. The van der Waals surface area contributed by atoms with Gasteiger partial charge in [0.05, 0.1) is 26.5 Å². The van der Waals surface area contributed by atoms with Gasteiger partial charge in [0.2, 0.25) is 0 Å². The normalized spacial score (nSPS) is 15.6. The number of hydrogen-bond acceptors (Lipinski definition) is 5. The number of carbonyl (C=O) groups excluding carboxylic acids is 1. The van der Waals surface area contributed by atoms with Crippen LogP contribution in [-0.4, -0.2) is 36.5 Å². The van der Waals surface area contributed by atoms with Gasteiger partial charge in [-0.3, -0.25) is 10.1 Å². The highest BCUT2D eigenvalue weighted by Crippen LogP contribution is 2.28. The Balaban J connectivity index is 1.55. The van der Waals surface area contributed by atoms with Crippen LogP contribution in [0.2, 0.25) is 0 Å². The minimum absolute atomic E-state index is 0.185.